The zero-order valence-corrected chi connectivity index (χ0v) is 14.0. The van der Waals surface area contributed by atoms with Crippen LogP contribution in [-0.4, -0.2) is 35.2 Å². The molecule has 2 atom stereocenters. The third kappa shape index (κ3) is 8.37. The fourth-order valence-electron chi connectivity index (χ4n) is 2.87. The Balaban J connectivity index is 1.89. The number of unbranched alkanes of at least 4 members (excludes halogenated alkanes) is 7. The minimum Gasteiger partial charge on any atom is -0.379 e. The molecule has 3 heteroatoms. The van der Waals surface area contributed by atoms with Crippen molar-refractivity contribution in [2.24, 2.45) is 4.99 Å². The molecule has 21 heavy (non-hydrogen) atoms. The van der Waals surface area contributed by atoms with Crippen LogP contribution in [0.3, 0.4) is 0 Å². The normalized spacial score (nSPS) is 20.6. The van der Waals surface area contributed by atoms with Crippen molar-refractivity contribution >= 4 is 6.21 Å². The number of hydrogen-bond donors (Lipinski definition) is 1. The average Bonchev–Trinajstić information content (AvgIpc) is 2.93. The molecule has 1 aliphatic rings. The van der Waals surface area contributed by atoms with E-state index in [-0.39, 0.29) is 12.4 Å². The van der Waals surface area contributed by atoms with Crippen LogP contribution < -0.4 is 0 Å². The Morgan fingerprint density at radius 1 is 1.14 bits per heavy atom. The van der Waals surface area contributed by atoms with Gasteiger partial charge in [-0.1, -0.05) is 51.2 Å². The van der Waals surface area contributed by atoms with E-state index in [9.17, 15) is 5.11 Å². The summed E-state index contributed by atoms with van der Waals surface area (Å²) >= 11 is 0. The first-order chi connectivity index (χ1) is 10.3. The molecule has 0 amide bonds. The molecular weight excluding hydrogens is 260 g/mol. The van der Waals surface area contributed by atoms with E-state index >= 15 is 0 Å². The van der Waals surface area contributed by atoms with Gasteiger partial charge >= 0.3 is 0 Å². The summed E-state index contributed by atoms with van der Waals surface area (Å²) in [5.74, 6) is 0. The Hall–Kier alpha value is -0.670. The molecule has 1 heterocycles. The van der Waals surface area contributed by atoms with Crippen molar-refractivity contribution in [1.82, 2.24) is 4.90 Å². The van der Waals surface area contributed by atoms with Gasteiger partial charge in [0.2, 0.25) is 0 Å². The fourth-order valence-corrected chi connectivity index (χ4v) is 2.87. The van der Waals surface area contributed by atoms with Gasteiger partial charge in [0.05, 0.1) is 0 Å². The highest BCUT2D eigenvalue weighted by molar-refractivity contribution is 5.62. The van der Waals surface area contributed by atoms with Crippen LogP contribution in [0.4, 0.5) is 0 Å². The molecule has 1 aliphatic heterocycles. The molecule has 3 nitrogen and oxygen atoms in total. The number of hydrogen-bond acceptors (Lipinski definition) is 3. The zero-order chi connectivity index (χ0) is 15.3. The second-order valence-corrected chi connectivity index (χ2v) is 6.07. The third-order valence-electron chi connectivity index (χ3n) is 4.17. The second kappa shape index (κ2) is 11.9. The largest absolute Gasteiger partial charge is 0.379 e. The van der Waals surface area contributed by atoms with Crippen molar-refractivity contribution in [1.29, 1.82) is 0 Å². The molecule has 1 N–H and O–H groups in total. The van der Waals surface area contributed by atoms with Gasteiger partial charge in [-0.2, -0.15) is 0 Å². The molecule has 2 unspecified atom stereocenters. The molecule has 0 saturated carbocycles. The van der Waals surface area contributed by atoms with E-state index in [1.165, 1.54) is 51.4 Å². The van der Waals surface area contributed by atoms with Crippen molar-refractivity contribution < 1.29 is 5.11 Å². The van der Waals surface area contributed by atoms with Crippen molar-refractivity contribution in [3.8, 4) is 0 Å². The van der Waals surface area contributed by atoms with Gasteiger partial charge in [0.15, 0.2) is 0 Å². The summed E-state index contributed by atoms with van der Waals surface area (Å²) in [7, 11) is 0. The van der Waals surface area contributed by atoms with Gasteiger partial charge in [0.1, 0.15) is 12.4 Å². The van der Waals surface area contributed by atoms with Crippen LogP contribution >= 0.6 is 0 Å². The number of aliphatic hydroxyl groups excluding tert-OH is 1. The summed E-state index contributed by atoms with van der Waals surface area (Å²) in [6.07, 6.45) is 19.2. The summed E-state index contributed by atoms with van der Waals surface area (Å²) in [5.41, 5.74) is 0. The first kappa shape index (κ1) is 18.4. The minimum absolute atomic E-state index is 0.218. The van der Waals surface area contributed by atoms with Gasteiger partial charge in [-0.15, -0.1) is 0 Å². The Bertz CT molecular complexity index is 300. The molecule has 1 rings (SSSR count). The van der Waals surface area contributed by atoms with E-state index in [1.807, 2.05) is 13.1 Å². The van der Waals surface area contributed by atoms with Crippen molar-refractivity contribution in [2.75, 3.05) is 6.54 Å². The summed E-state index contributed by atoms with van der Waals surface area (Å²) in [5, 5.41) is 9.64. The molecule has 122 valence electrons. The summed E-state index contributed by atoms with van der Waals surface area (Å²) in [6, 6.07) is 0. The van der Waals surface area contributed by atoms with Gasteiger partial charge in [-0.05, 0) is 39.0 Å². The molecule has 0 saturated heterocycles. The highest BCUT2D eigenvalue weighted by Crippen LogP contribution is 2.17. The van der Waals surface area contributed by atoms with Crippen LogP contribution in [0, 0.1) is 0 Å². The van der Waals surface area contributed by atoms with Crippen LogP contribution in [0.1, 0.15) is 78.1 Å². The number of aliphatic imine (C=N–C) groups is 1. The number of nitrogens with zero attached hydrogens (tertiary/aromatic N) is 2. The number of allylic oxidation sites excluding steroid dienone is 2. The molecule has 0 aromatic heterocycles. The molecule has 0 spiro atoms. The van der Waals surface area contributed by atoms with Crippen molar-refractivity contribution in [3.63, 3.8) is 0 Å². The number of rotatable bonds is 12. The molecule has 0 bridgehead atoms. The highest BCUT2D eigenvalue weighted by Gasteiger charge is 2.23. The van der Waals surface area contributed by atoms with E-state index in [4.69, 9.17) is 0 Å². The number of aliphatic hydroxyl groups is 1. The molecule has 0 aromatic rings. The lowest BCUT2D eigenvalue weighted by Gasteiger charge is -2.25. The predicted molar refractivity (Wildman–Crippen MR) is 91.7 cm³/mol. The Morgan fingerprint density at radius 3 is 2.48 bits per heavy atom. The minimum atomic E-state index is -0.376. The topological polar surface area (TPSA) is 35.8 Å². The lowest BCUT2D eigenvalue weighted by Crippen LogP contribution is -2.37. The molecule has 0 fully saturated rings. The standard InChI is InChI=1S/C18H34N2O/c1-3-4-5-6-7-8-9-10-11-12-13-14-18-19-15-16-20(18)17(2)21/h4-5,15,17-18,21H,3,6-14,16H2,1-2H3/b5-4+. The lowest BCUT2D eigenvalue weighted by atomic mass is 10.1. The van der Waals surface area contributed by atoms with Gasteiger partial charge in [-0.25, -0.2) is 0 Å². The molecule has 0 radical (unpaired) electrons. The predicted octanol–water partition coefficient (Wildman–Crippen LogP) is 4.51. The third-order valence-corrected chi connectivity index (χ3v) is 4.17. The van der Waals surface area contributed by atoms with Crippen LogP contribution in [0.15, 0.2) is 17.1 Å². The molecule has 0 aliphatic carbocycles. The van der Waals surface area contributed by atoms with Crippen LogP contribution in [0.2, 0.25) is 0 Å². The molecular formula is C18H34N2O. The van der Waals surface area contributed by atoms with Crippen LogP contribution in [0.25, 0.3) is 0 Å². The van der Waals surface area contributed by atoms with Gasteiger partial charge < -0.3 is 5.11 Å². The van der Waals surface area contributed by atoms with E-state index in [2.05, 4.69) is 29.0 Å². The Morgan fingerprint density at radius 2 is 1.81 bits per heavy atom. The second-order valence-electron chi connectivity index (χ2n) is 6.07. The first-order valence-electron chi connectivity index (χ1n) is 8.86. The van der Waals surface area contributed by atoms with Gasteiger partial charge in [0, 0.05) is 12.8 Å². The summed E-state index contributed by atoms with van der Waals surface area (Å²) in [6.45, 7) is 4.82. The SMILES string of the molecule is CC/C=C/CCCCCCCCCC1N=CCN1C(C)O. The van der Waals surface area contributed by atoms with E-state index in [0.29, 0.717) is 0 Å². The zero-order valence-electron chi connectivity index (χ0n) is 14.0. The molecule has 0 aromatic carbocycles. The van der Waals surface area contributed by atoms with Crippen LogP contribution in [-0.2, 0) is 0 Å². The van der Waals surface area contributed by atoms with Gasteiger partial charge in [-0.3, -0.25) is 9.89 Å². The van der Waals surface area contributed by atoms with Gasteiger partial charge in [0.25, 0.3) is 0 Å². The smallest absolute Gasteiger partial charge is 0.106 e. The van der Waals surface area contributed by atoms with Crippen molar-refractivity contribution in [2.45, 2.75) is 90.4 Å². The summed E-state index contributed by atoms with van der Waals surface area (Å²) in [4.78, 5) is 6.51. The Labute approximate surface area is 131 Å². The maximum absolute atomic E-state index is 9.64. The quantitative estimate of drug-likeness (QED) is 0.424. The van der Waals surface area contributed by atoms with E-state index < -0.39 is 0 Å². The lowest BCUT2D eigenvalue weighted by molar-refractivity contribution is 0.00710. The average molecular weight is 294 g/mol. The monoisotopic (exact) mass is 294 g/mol. The maximum atomic E-state index is 9.64. The highest BCUT2D eigenvalue weighted by atomic mass is 16.3. The maximum Gasteiger partial charge on any atom is 0.106 e. The summed E-state index contributed by atoms with van der Waals surface area (Å²) < 4.78 is 0. The fraction of sp³-hybridized carbons (Fsp3) is 0.833. The Kier molecular flexibility index (Phi) is 10.4. The van der Waals surface area contributed by atoms with E-state index in [1.54, 1.807) is 0 Å². The van der Waals surface area contributed by atoms with E-state index in [0.717, 1.165) is 19.4 Å². The van der Waals surface area contributed by atoms with Crippen LogP contribution in [0.5, 0.6) is 0 Å². The first-order valence-corrected chi connectivity index (χ1v) is 8.86. The van der Waals surface area contributed by atoms with Crippen molar-refractivity contribution in [3.05, 3.63) is 12.2 Å².